The summed E-state index contributed by atoms with van der Waals surface area (Å²) >= 11 is 1.64. The molecule has 3 nitrogen and oxygen atoms in total. The average molecular weight is 653 g/mol. The molecule has 0 bridgehead atoms. The quantitative estimate of drug-likeness (QED) is 0.179. The van der Waals surface area contributed by atoms with Crippen LogP contribution < -0.4 is 0 Å². The van der Waals surface area contributed by atoms with Crippen LogP contribution in [0.5, 0.6) is 0 Å². The molecule has 0 saturated carbocycles. The minimum atomic E-state index is -0.645. The molecule has 0 N–H and O–H groups in total. The van der Waals surface area contributed by atoms with E-state index in [0.717, 1.165) is 42.4 Å². The Morgan fingerprint density at radius 2 is 0.939 bits per heavy atom. The predicted octanol–water partition coefficient (Wildman–Crippen LogP) is 12.2. The average Bonchev–Trinajstić information content (AvgIpc) is 3.64. The van der Waals surface area contributed by atoms with Crippen molar-refractivity contribution < 1.29 is 12.3 Å². The van der Waals surface area contributed by atoms with Crippen LogP contribution in [0.1, 0.15) is 12.3 Å². The molecule has 0 saturated heterocycles. The third-order valence-corrected chi connectivity index (χ3v) is 9.44. The number of aromatic nitrogens is 3. The third kappa shape index (κ3) is 5.58. The molecule has 2 aromatic heterocycles. The van der Waals surface area contributed by atoms with Gasteiger partial charge in [0.05, 0.1) is 12.3 Å². The van der Waals surface area contributed by atoms with Gasteiger partial charge in [-0.3, -0.25) is 0 Å². The zero-order valence-electron chi connectivity index (χ0n) is 34.8. The Labute approximate surface area is 301 Å². The number of thiophene rings is 1. The molecule has 0 aliphatic heterocycles. The minimum absolute atomic E-state index is 0.112. The minimum Gasteiger partial charge on any atom is -0.208 e. The van der Waals surface area contributed by atoms with E-state index in [-0.39, 0.29) is 23.0 Å². The van der Waals surface area contributed by atoms with E-state index in [1.54, 1.807) is 11.3 Å². The highest BCUT2D eigenvalue weighted by molar-refractivity contribution is 7.26. The first-order valence-electron chi connectivity index (χ1n) is 20.1. The molecular weight excluding hydrogens is 615 g/mol. The van der Waals surface area contributed by atoms with E-state index in [1.165, 1.54) is 0 Å². The van der Waals surface area contributed by atoms with E-state index in [2.05, 4.69) is 30.3 Å². The second-order valence-electron chi connectivity index (χ2n) is 11.4. The van der Waals surface area contributed by atoms with Crippen LogP contribution in [-0.2, 0) is 0 Å². The summed E-state index contributed by atoms with van der Waals surface area (Å²) < 4.78 is 79.8. The van der Waals surface area contributed by atoms with Crippen LogP contribution in [0.3, 0.4) is 0 Å². The second kappa shape index (κ2) is 12.4. The number of rotatable bonds is 6. The Morgan fingerprint density at radius 3 is 1.65 bits per heavy atom. The van der Waals surface area contributed by atoms with Crippen LogP contribution in [0, 0.1) is 0 Å². The van der Waals surface area contributed by atoms with E-state index in [4.69, 9.17) is 27.3 Å². The van der Waals surface area contributed by atoms with Gasteiger partial charge in [0.2, 0.25) is 0 Å². The maximum atomic E-state index is 9.14. The van der Waals surface area contributed by atoms with Crippen molar-refractivity contribution in [1.82, 2.24) is 15.0 Å². The fourth-order valence-electron chi connectivity index (χ4n) is 5.94. The van der Waals surface area contributed by atoms with E-state index in [9.17, 15) is 0 Å². The maximum Gasteiger partial charge on any atom is 0.164 e. The van der Waals surface area contributed by atoms with Crippen LogP contribution in [0.2, 0.25) is 0 Å². The summed E-state index contributed by atoms with van der Waals surface area (Å²) in [6, 6.07) is 34.6. The van der Waals surface area contributed by atoms with Crippen molar-refractivity contribution >= 4 is 31.5 Å². The van der Waals surface area contributed by atoms with Gasteiger partial charge in [-0.1, -0.05) is 164 Å². The lowest BCUT2D eigenvalue weighted by Gasteiger charge is -2.10. The number of hydrogen-bond donors (Lipinski definition) is 0. The van der Waals surface area contributed by atoms with Crippen LogP contribution in [-0.4, -0.2) is 15.0 Å². The summed E-state index contributed by atoms with van der Waals surface area (Å²) in [6.45, 7) is 0. The summed E-state index contributed by atoms with van der Waals surface area (Å²) in [4.78, 5) is 14.4. The molecule has 4 heteroatoms. The van der Waals surface area contributed by atoms with Crippen LogP contribution in [0.25, 0.3) is 87.7 Å². The van der Waals surface area contributed by atoms with Gasteiger partial charge in [0.1, 0.15) is 0 Å². The van der Waals surface area contributed by atoms with Crippen LogP contribution in [0.15, 0.2) is 176 Å². The fourth-order valence-corrected chi connectivity index (χ4v) is 7.11. The smallest absolute Gasteiger partial charge is 0.164 e. The van der Waals surface area contributed by atoms with Crippen LogP contribution >= 0.6 is 11.3 Å². The zero-order valence-corrected chi connectivity index (χ0v) is 26.6. The highest BCUT2D eigenvalue weighted by Gasteiger charge is 2.16. The van der Waals surface area contributed by atoms with Crippen LogP contribution in [0.4, 0.5) is 0 Å². The van der Waals surface area contributed by atoms with Crippen molar-refractivity contribution in [1.29, 1.82) is 0 Å². The van der Waals surface area contributed by atoms with Gasteiger partial charge in [-0.25, -0.2) is 15.0 Å². The number of hydrogen-bond acceptors (Lipinski definition) is 4. The number of fused-ring (bicyclic) bond motifs is 3. The van der Waals surface area contributed by atoms with Gasteiger partial charge in [0.25, 0.3) is 0 Å². The molecule has 9 rings (SSSR count). The largest absolute Gasteiger partial charge is 0.208 e. The lowest BCUT2D eigenvalue weighted by Crippen LogP contribution is -2.00. The molecule has 0 aliphatic rings. The van der Waals surface area contributed by atoms with Gasteiger partial charge in [0, 0.05) is 36.9 Å². The Morgan fingerprint density at radius 1 is 0.388 bits per heavy atom. The topological polar surface area (TPSA) is 38.7 Å². The standard InChI is InChI=1S/C45H29N3S/c1-4-11-30(12-5-1)32-19-23-35(24-20-32)43-46-44(36-25-21-33(22-26-36)31-13-6-2-7-14-31)48-45(47-43)37-27-28-39-41(29-37)49-40-18-10-17-38(42(39)40)34-15-8-3-9-16-34/h1-29H/i1D,4D,5D,11D,12D,19D,20D,23D,24D. The molecule has 0 fully saturated rings. The summed E-state index contributed by atoms with van der Waals surface area (Å²) in [5, 5.41) is 2.20. The molecule has 0 radical (unpaired) electrons. The first-order chi connectivity index (χ1) is 28.0. The van der Waals surface area contributed by atoms with Gasteiger partial charge in [-0.15, -0.1) is 11.3 Å². The lowest BCUT2D eigenvalue weighted by molar-refractivity contribution is 1.07. The molecular formula is C45H29N3S. The van der Waals surface area contributed by atoms with Gasteiger partial charge in [0.15, 0.2) is 17.5 Å². The molecule has 0 unspecified atom stereocenters. The lowest BCUT2D eigenvalue weighted by atomic mass is 9.99. The summed E-state index contributed by atoms with van der Waals surface area (Å²) in [6.07, 6.45) is 0. The first-order valence-corrected chi connectivity index (χ1v) is 16.4. The Hall–Kier alpha value is -6.23. The van der Waals surface area contributed by atoms with E-state index < -0.39 is 65.5 Å². The summed E-state index contributed by atoms with van der Waals surface area (Å²) in [7, 11) is 0. The van der Waals surface area contributed by atoms with E-state index >= 15 is 0 Å². The van der Waals surface area contributed by atoms with Gasteiger partial charge in [-0.05, 0) is 45.5 Å². The fraction of sp³-hybridized carbons (Fsp3) is 0. The molecule has 0 spiro atoms. The normalized spacial score (nSPS) is 13.8. The van der Waals surface area contributed by atoms with E-state index in [0.29, 0.717) is 11.1 Å². The molecule has 9 aromatic rings. The molecule has 0 aliphatic carbocycles. The molecule has 0 atom stereocenters. The second-order valence-corrected chi connectivity index (χ2v) is 12.4. The van der Waals surface area contributed by atoms with Gasteiger partial charge in [-0.2, -0.15) is 0 Å². The highest BCUT2D eigenvalue weighted by Crippen LogP contribution is 2.41. The Balaban J connectivity index is 1.24. The summed E-state index contributed by atoms with van der Waals surface area (Å²) in [5.41, 5.74) is 4.47. The zero-order chi connectivity index (χ0) is 40.4. The van der Waals surface area contributed by atoms with Crippen molar-refractivity contribution in [3.8, 4) is 67.5 Å². The monoisotopic (exact) mass is 652 g/mol. The summed E-state index contributed by atoms with van der Waals surface area (Å²) in [5.74, 6) is 0.384. The molecule has 49 heavy (non-hydrogen) atoms. The number of nitrogens with zero attached hydrogens (tertiary/aromatic N) is 3. The maximum absolute atomic E-state index is 9.14. The number of benzene rings is 7. The Bertz CT molecular complexity index is 3040. The highest BCUT2D eigenvalue weighted by atomic mass is 32.1. The van der Waals surface area contributed by atoms with E-state index in [1.807, 2.05) is 91.0 Å². The van der Waals surface area contributed by atoms with Gasteiger partial charge < -0.3 is 0 Å². The first kappa shape index (κ1) is 20.9. The third-order valence-electron chi connectivity index (χ3n) is 8.32. The van der Waals surface area contributed by atoms with Crippen molar-refractivity contribution in [2.24, 2.45) is 0 Å². The molecule has 0 amide bonds. The molecule has 2 heterocycles. The van der Waals surface area contributed by atoms with Crippen molar-refractivity contribution in [2.75, 3.05) is 0 Å². The van der Waals surface area contributed by atoms with Crippen molar-refractivity contribution in [3.05, 3.63) is 176 Å². The molecule has 230 valence electrons. The SMILES string of the molecule is [2H]c1c([2H])c([2H])c(-c2c([2H])c([2H])c(-c3nc(-c4ccc(-c5ccccc5)cc4)nc(-c4ccc5c(c4)sc4cccc(-c6ccccc6)c45)n3)c([2H])c2[2H])c([2H])c1[2H]. The van der Waals surface area contributed by atoms with Gasteiger partial charge >= 0.3 is 0 Å². The van der Waals surface area contributed by atoms with Crippen molar-refractivity contribution in [2.45, 2.75) is 0 Å². The predicted molar refractivity (Wildman–Crippen MR) is 205 cm³/mol. The molecule has 7 aromatic carbocycles. The van der Waals surface area contributed by atoms with Crippen molar-refractivity contribution in [3.63, 3.8) is 0 Å². The Kier molecular flexibility index (Phi) is 5.29.